The van der Waals surface area contributed by atoms with Crippen LogP contribution in [0.2, 0.25) is 0 Å². The molecule has 1 atom stereocenters. The van der Waals surface area contributed by atoms with Gasteiger partial charge in [0.15, 0.2) is 5.82 Å². The number of oxazole rings is 1. The van der Waals surface area contributed by atoms with E-state index in [2.05, 4.69) is 24.9 Å². The van der Waals surface area contributed by atoms with Gasteiger partial charge >= 0.3 is 0 Å². The lowest BCUT2D eigenvalue weighted by Gasteiger charge is -2.33. The van der Waals surface area contributed by atoms with E-state index in [0.29, 0.717) is 30.4 Å². The van der Waals surface area contributed by atoms with Crippen LogP contribution in [0.4, 0.5) is 0 Å². The van der Waals surface area contributed by atoms with Crippen molar-refractivity contribution in [1.29, 1.82) is 0 Å². The number of pyridine rings is 1. The normalized spacial score (nSPS) is 15.6. The van der Waals surface area contributed by atoms with Gasteiger partial charge in [0.05, 0.1) is 23.7 Å². The number of carbonyl (C=O) groups excluding carboxylic acids is 1. The molecule has 0 fully saturated rings. The van der Waals surface area contributed by atoms with Crippen molar-refractivity contribution < 1.29 is 9.21 Å². The summed E-state index contributed by atoms with van der Waals surface area (Å²) >= 11 is 0. The quantitative estimate of drug-likeness (QED) is 0.474. The molecule has 0 saturated carbocycles. The maximum atomic E-state index is 13.5. The van der Waals surface area contributed by atoms with Crippen LogP contribution in [-0.4, -0.2) is 47.3 Å². The lowest BCUT2D eigenvalue weighted by Crippen LogP contribution is -2.41. The molecule has 0 spiro atoms. The molecular weight excluding hydrogens is 406 g/mol. The number of benzene rings is 1. The summed E-state index contributed by atoms with van der Waals surface area (Å²) < 4.78 is 5.77. The number of H-pyrrole nitrogens is 1. The van der Waals surface area contributed by atoms with Crippen molar-refractivity contribution in [3.63, 3.8) is 0 Å². The van der Waals surface area contributed by atoms with Gasteiger partial charge in [0.2, 0.25) is 11.7 Å². The summed E-state index contributed by atoms with van der Waals surface area (Å²) in [6.45, 7) is 0.467. The van der Waals surface area contributed by atoms with Crippen LogP contribution in [0, 0.1) is 0 Å². The van der Waals surface area contributed by atoms with Crippen LogP contribution < -0.4 is 0 Å². The molecule has 1 amide bonds. The number of fused-ring (bicyclic) bond motifs is 2. The van der Waals surface area contributed by atoms with Crippen molar-refractivity contribution in [2.24, 2.45) is 0 Å². The first-order valence-electron chi connectivity index (χ1n) is 10.2. The molecule has 5 heterocycles. The summed E-state index contributed by atoms with van der Waals surface area (Å²) in [5, 5.41) is 0.933. The second kappa shape index (κ2) is 7.38. The van der Waals surface area contributed by atoms with E-state index in [1.54, 1.807) is 29.7 Å². The Morgan fingerprint density at radius 3 is 2.84 bits per heavy atom. The van der Waals surface area contributed by atoms with Crippen LogP contribution in [0.3, 0.4) is 0 Å². The number of aromatic nitrogens is 6. The molecule has 0 bridgehead atoms. The van der Waals surface area contributed by atoms with Gasteiger partial charge in [0, 0.05) is 36.4 Å². The third kappa shape index (κ3) is 3.02. The highest BCUT2D eigenvalue weighted by Crippen LogP contribution is 2.33. The molecule has 1 N–H and O–H groups in total. The van der Waals surface area contributed by atoms with Gasteiger partial charge in [0.1, 0.15) is 11.7 Å². The van der Waals surface area contributed by atoms with Gasteiger partial charge in [0.25, 0.3) is 5.91 Å². The van der Waals surface area contributed by atoms with Crippen molar-refractivity contribution >= 4 is 16.8 Å². The largest absolute Gasteiger partial charge is 0.429 e. The first kappa shape index (κ1) is 18.4. The highest BCUT2D eigenvalue weighted by atomic mass is 16.4. The van der Waals surface area contributed by atoms with Crippen molar-refractivity contribution in [2.45, 2.75) is 12.5 Å². The van der Waals surface area contributed by atoms with E-state index in [1.165, 1.54) is 6.20 Å². The number of nitrogens with one attached hydrogen (secondary N) is 1. The zero-order valence-corrected chi connectivity index (χ0v) is 16.8. The molecule has 5 aromatic rings. The van der Waals surface area contributed by atoms with E-state index in [9.17, 15) is 4.79 Å². The molecule has 0 aliphatic carbocycles. The molecule has 156 valence electrons. The maximum Gasteiger partial charge on any atom is 0.292 e. The molecule has 6 rings (SSSR count). The number of rotatable bonds is 3. The molecule has 4 aromatic heterocycles. The Hall–Kier alpha value is -4.40. The molecule has 0 radical (unpaired) electrons. The van der Waals surface area contributed by atoms with E-state index in [1.807, 2.05) is 36.4 Å². The number of hydrogen-bond donors (Lipinski definition) is 1. The minimum absolute atomic E-state index is 0.135. The number of nitrogens with zero attached hydrogens (tertiary/aromatic N) is 6. The van der Waals surface area contributed by atoms with Crippen LogP contribution in [-0.2, 0) is 6.42 Å². The summed E-state index contributed by atoms with van der Waals surface area (Å²) in [5.41, 5.74) is 3.09. The average molecular weight is 423 g/mol. The SMILES string of the molecule is O=C(c1cnc(-c2ccccn2)o1)N1CCc2[nH]cnc2[C@H]1c1ncc2ccccc2n1. The lowest BCUT2D eigenvalue weighted by molar-refractivity contribution is 0.0652. The molecule has 9 heteroatoms. The third-order valence-corrected chi connectivity index (χ3v) is 5.54. The predicted molar refractivity (Wildman–Crippen MR) is 114 cm³/mol. The Balaban J connectivity index is 1.40. The molecule has 0 saturated heterocycles. The van der Waals surface area contributed by atoms with Crippen LogP contribution in [0.25, 0.3) is 22.5 Å². The fourth-order valence-electron chi connectivity index (χ4n) is 4.00. The summed E-state index contributed by atoms with van der Waals surface area (Å²) in [4.78, 5) is 40.6. The molecule has 0 unspecified atom stereocenters. The summed E-state index contributed by atoms with van der Waals surface area (Å²) in [7, 11) is 0. The summed E-state index contributed by atoms with van der Waals surface area (Å²) in [6.07, 6.45) is 7.14. The van der Waals surface area contributed by atoms with Gasteiger partial charge in [-0.25, -0.2) is 19.9 Å². The monoisotopic (exact) mass is 423 g/mol. The zero-order chi connectivity index (χ0) is 21.5. The first-order chi connectivity index (χ1) is 15.8. The van der Waals surface area contributed by atoms with Gasteiger partial charge < -0.3 is 14.3 Å². The van der Waals surface area contributed by atoms with Gasteiger partial charge in [-0.05, 0) is 18.2 Å². The maximum absolute atomic E-state index is 13.5. The van der Waals surface area contributed by atoms with Crippen molar-refractivity contribution in [3.8, 4) is 11.6 Å². The summed E-state index contributed by atoms with van der Waals surface area (Å²) in [6, 6.07) is 12.6. The Kier molecular flexibility index (Phi) is 4.24. The highest BCUT2D eigenvalue weighted by Gasteiger charge is 2.37. The number of imidazole rings is 1. The lowest BCUT2D eigenvalue weighted by atomic mass is 10.0. The standard InChI is InChI=1S/C23H17N7O2/c31-23(18-12-26-22(32-18)17-7-3-4-9-24-17)30-10-8-16-19(28-13-27-16)20(30)21-25-11-14-5-1-2-6-15(14)29-21/h1-7,9,11-13,20H,8,10H2,(H,27,28)/t20-/m0/s1. The van der Waals surface area contributed by atoms with Gasteiger partial charge in [-0.2, -0.15) is 0 Å². The van der Waals surface area contributed by atoms with Crippen molar-refractivity contribution in [3.05, 3.63) is 90.4 Å². The van der Waals surface area contributed by atoms with Gasteiger partial charge in [-0.3, -0.25) is 9.78 Å². The van der Waals surface area contributed by atoms with E-state index in [-0.39, 0.29) is 11.7 Å². The fraction of sp³-hybridized carbons (Fsp3) is 0.130. The van der Waals surface area contributed by atoms with E-state index in [4.69, 9.17) is 9.40 Å². The predicted octanol–water partition coefficient (Wildman–Crippen LogP) is 3.19. The number of para-hydroxylation sites is 1. The third-order valence-electron chi connectivity index (χ3n) is 5.54. The van der Waals surface area contributed by atoms with Gasteiger partial charge in [-0.1, -0.05) is 24.3 Å². The Morgan fingerprint density at radius 2 is 1.94 bits per heavy atom. The number of hydrogen-bond acceptors (Lipinski definition) is 7. The van der Waals surface area contributed by atoms with E-state index in [0.717, 1.165) is 22.3 Å². The van der Waals surface area contributed by atoms with Crippen LogP contribution in [0.5, 0.6) is 0 Å². The van der Waals surface area contributed by atoms with Crippen LogP contribution in [0.1, 0.15) is 33.8 Å². The number of carbonyl (C=O) groups is 1. The minimum atomic E-state index is -0.537. The second-order valence-corrected chi connectivity index (χ2v) is 7.45. The molecule has 9 nitrogen and oxygen atoms in total. The van der Waals surface area contributed by atoms with Gasteiger partial charge in [-0.15, -0.1) is 0 Å². The molecule has 32 heavy (non-hydrogen) atoms. The van der Waals surface area contributed by atoms with E-state index < -0.39 is 6.04 Å². The zero-order valence-electron chi connectivity index (χ0n) is 16.8. The van der Waals surface area contributed by atoms with Crippen molar-refractivity contribution in [2.75, 3.05) is 6.54 Å². The van der Waals surface area contributed by atoms with Crippen molar-refractivity contribution in [1.82, 2.24) is 34.8 Å². The molecule has 1 aliphatic heterocycles. The minimum Gasteiger partial charge on any atom is -0.429 e. The highest BCUT2D eigenvalue weighted by molar-refractivity contribution is 5.92. The smallest absolute Gasteiger partial charge is 0.292 e. The first-order valence-corrected chi connectivity index (χ1v) is 10.2. The Morgan fingerprint density at radius 1 is 1.03 bits per heavy atom. The topological polar surface area (TPSA) is 114 Å². The molecular formula is C23H17N7O2. The molecule has 1 aromatic carbocycles. The Bertz CT molecular complexity index is 1430. The average Bonchev–Trinajstić information content (AvgIpc) is 3.53. The Labute approximate surface area is 182 Å². The summed E-state index contributed by atoms with van der Waals surface area (Å²) in [5.74, 6) is 0.644. The number of amides is 1. The van der Waals surface area contributed by atoms with Crippen LogP contribution >= 0.6 is 0 Å². The second-order valence-electron chi connectivity index (χ2n) is 7.45. The fourth-order valence-corrected chi connectivity index (χ4v) is 4.00. The number of aromatic amines is 1. The van der Waals surface area contributed by atoms with E-state index >= 15 is 0 Å². The van der Waals surface area contributed by atoms with Crippen LogP contribution in [0.15, 0.2) is 71.8 Å². The molecule has 1 aliphatic rings.